The average molecular weight is 224 g/mol. The van der Waals surface area contributed by atoms with E-state index in [1.807, 2.05) is 18.0 Å². The molecule has 0 aromatic carbocycles. The maximum atomic E-state index is 5.55. The Morgan fingerprint density at radius 3 is 3.13 bits per heavy atom. The highest BCUT2D eigenvalue weighted by atomic mass is 32.2. The van der Waals surface area contributed by atoms with Gasteiger partial charge in [0.15, 0.2) is 0 Å². The molecule has 2 rings (SSSR count). The molecule has 1 aliphatic rings. The molecule has 0 bridgehead atoms. The summed E-state index contributed by atoms with van der Waals surface area (Å²) in [7, 11) is 2.08. The minimum absolute atomic E-state index is 0.452. The van der Waals surface area contributed by atoms with Crippen molar-refractivity contribution in [2.45, 2.75) is 19.0 Å². The summed E-state index contributed by atoms with van der Waals surface area (Å²) in [6, 6.07) is 0.595. The van der Waals surface area contributed by atoms with E-state index in [-0.39, 0.29) is 0 Å². The Kier molecular flexibility index (Phi) is 3.43. The lowest BCUT2D eigenvalue weighted by atomic mass is 10.2. The number of nitrogens with two attached hydrogens (primary N) is 1. The summed E-state index contributed by atoms with van der Waals surface area (Å²) in [5.74, 6) is 3.37. The summed E-state index contributed by atoms with van der Waals surface area (Å²) < 4.78 is 0. The molecule has 1 aromatic heterocycles. The largest absolute Gasteiger partial charge is 0.355 e. The van der Waals surface area contributed by atoms with E-state index in [0.29, 0.717) is 12.6 Å². The summed E-state index contributed by atoms with van der Waals surface area (Å²) in [6.07, 6.45) is 4.76. The van der Waals surface area contributed by atoms with Gasteiger partial charge in [0.05, 0.1) is 11.9 Å². The Labute approximate surface area is 94.3 Å². The molecular formula is C10H16N4S. The zero-order chi connectivity index (χ0) is 10.7. The summed E-state index contributed by atoms with van der Waals surface area (Å²) in [5, 5.41) is 0. The van der Waals surface area contributed by atoms with E-state index in [1.54, 1.807) is 6.20 Å². The average Bonchev–Trinajstić information content (AvgIpc) is 2.81. The van der Waals surface area contributed by atoms with Crippen LogP contribution < -0.4 is 10.6 Å². The summed E-state index contributed by atoms with van der Waals surface area (Å²) in [6.45, 7) is 0.452. The highest BCUT2D eigenvalue weighted by Gasteiger charge is 2.21. The second kappa shape index (κ2) is 4.81. The zero-order valence-electron chi connectivity index (χ0n) is 8.89. The maximum Gasteiger partial charge on any atom is 0.147 e. The molecule has 5 heteroatoms. The Bertz CT molecular complexity index is 325. The molecule has 1 aromatic rings. The monoisotopic (exact) mass is 224 g/mol. The van der Waals surface area contributed by atoms with Crippen molar-refractivity contribution in [1.82, 2.24) is 9.97 Å². The van der Waals surface area contributed by atoms with Gasteiger partial charge in [-0.2, -0.15) is 11.8 Å². The van der Waals surface area contributed by atoms with Gasteiger partial charge in [-0.1, -0.05) is 0 Å². The molecule has 1 saturated heterocycles. The molecule has 0 saturated carbocycles. The van der Waals surface area contributed by atoms with Crippen LogP contribution in [0.1, 0.15) is 12.1 Å². The first-order valence-electron chi connectivity index (χ1n) is 5.13. The summed E-state index contributed by atoms with van der Waals surface area (Å²) >= 11 is 2.00. The smallest absolute Gasteiger partial charge is 0.147 e. The lowest BCUT2D eigenvalue weighted by molar-refractivity contribution is 0.687. The van der Waals surface area contributed by atoms with Gasteiger partial charge in [-0.25, -0.2) is 4.98 Å². The molecule has 2 N–H and O–H groups in total. The van der Waals surface area contributed by atoms with Crippen LogP contribution in [0.3, 0.4) is 0 Å². The molecule has 15 heavy (non-hydrogen) atoms. The SMILES string of the molecule is CN(c1cncc(CN)n1)C1CCSC1. The molecule has 1 unspecified atom stereocenters. The molecule has 0 radical (unpaired) electrons. The van der Waals surface area contributed by atoms with Gasteiger partial charge >= 0.3 is 0 Å². The van der Waals surface area contributed by atoms with E-state index in [0.717, 1.165) is 11.5 Å². The van der Waals surface area contributed by atoms with Crippen LogP contribution in [0, 0.1) is 0 Å². The van der Waals surface area contributed by atoms with Crippen molar-refractivity contribution < 1.29 is 0 Å². The lowest BCUT2D eigenvalue weighted by Crippen LogP contribution is -2.32. The van der Waals surface area contributed by atoms with Crippen LogP contribution in [0.2, 0.25) is 0 Å². The second-order valence-electron chi connectivity index (χ2n) is 3.70. The fourth-order valence-electron chi connectivity index (χ4n) is 1.68. The fraction of sp³-hybridized carbons (Fsp3) is 0.600. The minimum atomic E-state index is 0.452. The third kappa shape index (κ3) is 2.41. The van der Waals surface area contributed by atoms with Crippen LogP contribution >= 0.6 is 11.8 Å². The number of nitrogens with zero attached hydrogens (tertiary/aromatic N) is 3. The van der Waals surface area contributed by atoms with Crippen LogP contribution in [0.15, 0.2) is 12.4 Å². The second-order valence-corrected chi connectivity index (χ2v) is 4.85. The highest BCUT2D eigenvalue weighted by molar-refractivity contribution is 7.99. The highest BCUT2D eigenvalue weighted by Crippen LogP contribution is 2.24. The third-order valence-corrected chi connectivity index (χ3v) is 3.84. The van der Waals surface area contributed by atoms with E-state index in [9.17, 15) is 0 Å². The van der Waals surface area contributed by atoms with Crippen LogP contribution in [0.5, 0.6) is 0 Å². The number of anilines is 1. The number of hydrogen-bond donors (Lipinski definition) is 1. The van der Waals surface area contributed by atoms with Crippen LogP contribution in [0.25, 0.3) is 0 Å². The van der Waals surface area contributed by atoms with Gasteiger partial charge in [-0.3, -0.25) is 4.98 Å². The van der Waals surface area contributed by atoms with Crippen molar-refractivity contribution >= 4 is 17.6 Å². The van der Waals surface area contributed by atoms with Gasteiger partial charge in [0.2, 0.25) is 0 Å². The summed E-state index contributed by atoms with van der Waals surface area (Å²) in [5.41, 5.74) is 6.40. The normalized spacial score (nSPS) is 20.5. The molecule has 1 aliphatic heterocycles. The molecule has 1 fully saturated rings. The van der Waals surface area contributed by atoms with Crippen molar-refractivity contribution in [3.05, 3.63) is 18.1 Å². The molecule has 4 nitrogen and oxygen atoms in total. The van der Waals surface area contributed by atoms with Crippen molar-refractivity contribution in [2.75, 3.05) is 23.5 Å². The first kappa shape index (κ1) is 10.7. The zero-order valence-corrected chi connectivity index (χ0v) is 9.70. The number of thioether (sulfide) groups is 1. The minimum Gasteiger partial charge on any atom is -0.355 e. The molecular weight excluding hydrogens is 208 g/mol. The van der Waals surface area contributed by atoms with E-state index in [1.165, 1.54) is 17.9 Å². The number of hydrogen-bond acceptors (Lipinski definition) is 5. The quantitative estimate of drug-likeness (QED) is 0.826. The maximum absolute atomic E-state index is 5.55. The van der Waals surface area contributed by atoms with Crippen molar-refractivity contribution in [3.8, 4) is 0 Å². The van der Waals surface area contributed by atoms with Crippen LogP contribution in [0.4, 0.5) is 5.82 Å². The Hall–Kier alpha value is -0.810. The first-order chi connectivity index (χ1) is 7.31. The van der Waals surface area contributed by atoms with E-state index in [4.69, 9.17) is 5.73 Å². The van der Waals surface area contributed by atoms with Crippen molar-refractivity contribution in [2.24, 2.45) is 5.73 Å². The standard InChI is InChI=1S/C10H16N4S/c1-14(9-2-3-15-7-9)10-6-12-5-8(4-11)13-10/h5-6,9H,2-4,7,11H2,1H3. The Morgan fingerprint density at radius 1 is 1.60 bits per heavy atom. The van der Waals surface area contributed by atoms with Gasteiger partial charge in [0.25, 0.3) is 0 Å². The molecule has 0 spiro atoms. The molecule has 0 aliphatic carbocycles. The van der Waals surface area contributed by atoms with Gasteiger partial charge in [-0.05, 0) is 12.2 Å². The summed E-state index contributed by atoms with van der Waals surface area (Å²) in [4.78, 5) is 10.8. The predicted molar refractivity (Wildman–Crippen MR) is 64.1 cm³/mol. The lowest BCUT2D eigenvalue weighted by Gasteiger charge is -2.24. The first-order valence-corrected chi connectivity index (χ1v) is 6.28. The number of aromatic nitrogens is 2. The van der Waals surface area contributed by atoms with Gasteiger partial charge in [0, 0.05) is 31.6 Å². The van der Waals surface area contributed by atoms with Gasteiger partial charge in [0.1, 0.15) is 5.82 Å². The van der Waals surface area contributed by atoms with E-state index in [2.05, 4.69) is 21.9 Å². The number of rotatable bonds is 3. The van der Waals surface area contributed by atoms with Gasteiger partial charge < -0.3 is 10.6 Å². The van der Waals surface area contributed by atoms with Crippen molar-refractivity contribution in [3.63, 3.8) is 0 Å². The molecule has 2 heterocycles. The third-order valence-electron chi connectivity index (χ3n) is 2.70. The fourth-order valence-corrected chi connectivity index (χ4v) is 2.95. The molecule has 0 amide bonds. The van der Waals surface area contributed by atoms with Gasteiger partial charge in [-0.15, -0.1) is 0 Å². The molecule has 1 atom stereocenters. The van der Waals surface area contributed by atoms with Crippen molar-refractivity contribution in [1.29, 1.82) is 0 Å². The topological polar surface area (TPSA) is 55.0 Å². The van der Waals surface area contributed by atoms with Crippen LogP contribution in [-0.4, -0.2) is 34.6 Å². The predicted octanol–water partition coefficient (Wildman–Crippen LogP) is 0.877. The van der Waals surface area contributed by atoms with Crippen LogP contribution in [-0.2, 0) is 6.54 Å². The Balaban J connectivity index is 2.13. The van der Waals surface area contributed by atoms with E-state index < -0.39 is 0 Å². The molecule has 82 valence electrons. The van der Waals surface area contributed by atoms with E-state index >= 15 is 0 Å². The Morgan fingerprint density at radius 2 is 2.47 bits per heavy atom.